The highest BCUT2D eigenvalue weighted by atomic mass is 31.2. The fraction of sp³-hybridized carbons (Fsp3) is 0.500. The average Bonchev–Trinajstić information content (AvgIpc) is 2.64. The molecule has 0 spiro atoms. The van der Waals surface area contributed by atoms with Gasteiger partial charge in [0.15, 0.2) is 6.10 Å². The van der Waals surface area contributed by atoms with Crippen LogP contribution >= 0.6 is 8.17 Å². The second kappa shape index (κ2) is 8.78. The first kappa shape index (κ1) is 22.0. The van der Waals surface area contributed by atoms with Crippen molar-refractivity contribution in [1.82, 2.24) is 5.32 Å². The van der Waals surface area contributed by atoms with Gasteiger partial charge in [-0.05, 0) is 12.1 Å². The van der Waals surface area contributed by atoms with Crippen LogP contribution in [-0.2, 0) is 23.4 Å². The molecule has 0 aromatic heterocycles. The molecular weight excluding hydrogens is 395 g/mol. The fourth-order valence-electron chi connectivity index (χ4n) is 2.33. The molecule has 1 saturated heterocycles. The maximum absolute atomic E-state index is 12.5. The predicted octanol–water partition coefficient (Wildman–Crippen LogP) is 1.76. The molecule has 1 aliphatic heterocycles. The maximum Gasteiger partial charge on any atom is 0.434 e. The molecule has 2 atom stereocenters. The van der Waals surface area contributed by atoms with Crippen molar-refractivity contribution in [2.24, 2.45) is 5.41 Å². The molecule has 2 rings (SSSR count). The first-order valence-electron chi connectivity index (χ1n) is 8.29. The van der Waals surface area contributed by atoms with Crippen molar-refractivity contribution < 1.29 is 37.7 Å². The summed E-state index contributed by atoms with van der Waals surface area (Å²) in [6.07, 6.45) is -1.11. The molecular formula is C16H22N2O9P. The molecule has 1 fully saturated rings. The molecule has 12 heteroatoms. The van der Waals surface area contributed by atoms with Gasteiger partial charge in [0, 0.05) is 24.1 Å². The number of nitro groups is 1. The van der Waals surface area contributed by atoms with Gasteiger partial charge in [0.1, 0.15) is 5.75 Å². The Morgan fingerprint density at radius 1 is 1.39 bits per heavy atom. The van der Waals surface area contributed by atoms with Gasteiger partial charge in [0.2, 0.25) is 5.91 Å². The standard InChI is InChI=1S/C16H22N2O9P/c1-16(2)10-25-28(23,26-12-6-4-11(5-7-12)18(21)22)27-14(16)15(20)17-9-8-13(19)24-3/h4-7,14,23H,8-10H2,1-3H3,(H,17,20)/t14-/m0/s1. The van der Waals surface area contributed by atoms with Crippen molar-refractivity contribution in [2.45, 2.75) is 26.4 Å². The highest BCUT2D eigenvalue weighted by Crippen LogP contribution is 2.63. The largest absolute Gasteiger partial charge is 0.469 e. The molecule has 1 aromatic carbocycles. The van der Waals surface area contributed by atoms with E-state index in [0.29, 0.717) is 0 Å². The Labute approximate surface area is 161 Å². The average molecular weight is 417 g/mol. The Morgan fingerprint density at radius 2 is 2.04 bits per heavy atom. The van der Waals surface area contributed by atoms with Crippen LogP contribution in [0.5, 0.6) is 5.75 Å². The van der Waals surface area contributed by atoms with Crippen molar-refractivity contribution in [3.63, 3.8) is 0 Å². The summed E-state index contributed by atoms with van der Waals surface area (Å²) in [5.41, 5.74) is -0.924. The second-order valence-corrected chi connectivity index (χ2v) is 8.26. The highest BCUT2D eigenvalue weighted by molar-refractivity contribution is 7.56. The molecule has 28 heavy (non-hydrogen) atoms. The quantitative estimate of drug-likeness (QED) is 0.293. The third-order valence-electron chi connectivity index (χ3n) is 3.91. The van der Waals surface area contributed by atoms with Crippen molar-refractivity contribution in [1.29, 1.82) is 0 Å². The van der Waals surface area contributed by atoms with Gasteiger partial charge in [0.05, 0.1) is 25.1 Å². The van der Waals surface area contributed by atoms with E-state index < -0.39 is 36.5 Å². The third kappa shape index (κ3) is 5.59. The summed E-state index contributed by atoms with van der Waals surface area (Å²) >= 11 is 0. The molecule has 0 aliphatic carbocycles. The van der Waals surface area contributed by atoms with Gasteiger partial charge in [-0.25, -0.2) is 0 Å². The van der Waals surface area contributed by atoms with Crippen molar-refractivity contribution >= 4 is 25.7 Å². The summed E-state index contributed by atoms with van der Waals surface area (Å²) in [5.74, 6) is -0.924. The minimum atomic E-state index is -3.89. The van der Waals surface area contributed by atoms with E-state index >= 15 is 0 Å². The Bertz CT molecular complexity index is 740. The molecule has 1 radical (unpaired) electrons. The normalized spacial score (nSPS) is 23.5. The number of rotatable bonds is 7. The van der Waals surface area contributed by atoms with Crippen LogP contribution in [0.1, 0.15) is 20.3 Å². The number of methoxy groups -OCH3 is 1. The molecule has 0 unspecified atom stereocenters. The van der Waals surface area contributed by atoms with E-state index in [2.05, 4.69) is 10.1 Å². The lowest BCUT2D eigenvalue weighted by molar-refractivity contribution is -0.384. The van der Waals surface area contributed by atoms with Crippen LogP contribution in [0.25, 0.3) is 0 Å². The van der Waals surface area contributed by atoms with Crippen molar-refractivity contribution in [3.8, 4) is 5.75 Å². The van der Waals surface area contributed by atoms with Crippen LogP contribution in [0.3, 0.4) is 0 Å². The molecule has 2 N–H and O–H groups in total. The van der Waals surface area contributed by atoms with Crippen LogP contribution in [-0.4, -0.2) is 48.1 Å². The van der Waals surface area contributed by atoms with E-state index in [4.69, 9.17) is 13.6 Å². The van der Waals surface area contributed by atoms with Crippen LogP contribution < -0.4 is 9.84 Å². The zero-order valence-corrected chi connectivity index (χ0v) is 16.5. The molecule has 0 saturated carbocycles. The molecule has 1 aromatic rings. The number of nitrogens with zero attached hydrogens (tertiary/aromatic N) is 1. The zero-order chi connectivity index (χ0) is 20.9. The lowest BCUT2D eigenvalue weighted by Crippen LogP contribution is -2.51. The van der Waals surface area contributed by atoms with Gasteiger partial charge < -0.3 is 19.5 Å². The zero-order valence-electron chi connectivity index (χ0n) is 15.6. The number of amides is 1. The molecule has 0 bridgehead atoms. The molecule has 1 heterocycles. The SMILES string of the molecule is COC(=O)CCNC(=O)[C@@H]1O[P@](O)(Oc2ccc([N+](=O)[O-])cc2)OCC1(C)C. The van der Waals surface area contributed by atoms with Crippen LogP contribution in [0.2, 0.25) is 0 Å². The number of non-ortho nitro benzene ring substituents is 1. The van der Waals surface area contributed by atoms with Gasteiger partial charge >= 0.3 is 14.1 Å². The minimum Gasteiger partial charge on any atom is -0.469 e. The monoisotopic (exact) mass is 417 g/mol. The van der Waals surface area contributed by atoms with Crippen LogP contribution in [0.4, 0.5) is 5.69 Å². The summed E-state index contributed by atoms with van der Waals surface area (Å²) in [6.45, 7) is 3.45. The number of hydrogen-bond acceptors (Lipinski definition) is 9. The first-order valence-corrected chi connectivity index (χ1v) is 9.79. The van der Waals surface area contributed by atoms with Crippen LogP contribution in [0.15, 0.2) is 24.3 Å². The summed E-state index contributed by atoms with van der Waals surface area (Å²) in [7, 11) is -2.65. The number of esters is 1. The predicted molar refractivity (Wildman–Crippen MR) is 97.1 cm³/mol. The van der Waals surface area contributed by atoms with Crippen LogP contribution in [0, 0.1) is 15.5 Å². The molecule has 1 amide bonds. The smallest absolute Gasteiger partial charge is 0.434 e. The molecule has 1 aliphatic rings. The number of nitro benzene ring substituents is 1. The summed E-state index contributed by atoms with van der Waals surface area (Å²) in [5, 5.41) is 13.3. The van der Waals surface area contributed by atoms with Gasteiger partial charge in [-0.1, -0.05) is 13.8 Å². The number of ether oxygens (including phenoxy) is 1. The highest BCUT2D eigenvalue weighted by Gasteiger charge is 2.51. The van der Waals surface area contributed by atoms with E-state index in [-0.39, 0.29) is 31.0 Å². The summed E-state index contributed by atoms with van der Waals surface area (Å²) in [6, 6.07) is 4.97. The van der Waals surface area contributed by atoms with E-state index in [1.165, 1.54) is 31.4 Å². The number of carbonyl (C=O) groups is 2. The Hall–Kier alpha value is -2.33. The molecule has 11 nitrogen and oxygen atoms in total. The van der Waals surface area contributed by atoms with E-state index in [0.717, 1.165) is 0 Å². The second-order valence-electron chi connectivity index (χ2n) is 6.68. The minimum absolute atomic E-state index is 0.00933. The van der Waals surface area contributed by atoms with E-state index in [1.54, 1.807) is 13.8 Å². The Balaban J connectivity index is 2.05. The third-order valence-corrected chi connectivity index (χ3v) is 5.28. The Kier molecular flexibility index (Phi) is 6.89. The summed E-state index contributed by atoms with van der Waals surface area (Å²) in [4.78, 5) is 44.3. The van der Waals surface area contributed by atoms with Gasteiger partial charge in [-0.2, -0.15) is 0 Å². The topological polar surface area (TPSA) is 146 Å². The lowest BCUT2D eigenvalue weighted by atomic mass is 9.87. The maximum atomic E-state index is 12.5. The van der Waals surface area contributed by atoms with Gasteiger partial charge in [-0.3, -0.25) is 28.8 Å². The van der Waals surface area contributed by atoms with Gasteiger partial charge in [0.25, 0.3) is 5.69 Å². The molecule has 155 valence electrons. The van der Waals surface area contributed by atoms with Gasteiger partial charge in [-0.15, -0.1) is 0 Å². The lowest BCUT2D eigenvalue weighted by Gasteiger charge is -2.43. The van der Waals surface area contributed by atoms with E-state index in [1.807, 2.05) is 0 Å². The number of carbonyl (C=O) groups excluding carboxylic acids is 2. The number of hydrogen-bond donors (Lipinski definition) is 2. The number of nitrogens with one attached hydrogen (secondary N) is 1. The van der Waals surface area contributed by atoms with Crippen molar-refractivity contribution in [3.05, 3.63) is 34.4 Å². The summed E-state index contributed by atoms with van der Waals surface area (Å²) < 4.78 is 20.7. The Morgan fingerprint density at radius 3 is 2.61 bits per heavy atom. The number of benzene rings is 1. The van der Waals surface area contributed by atoms with E-state index in [9.17, 15) is 24.6 Å². The van der Waals surface area contributed by atoms with Crippen molar-refractivity contribution in [2.75, 3.05) is 20.3 Å². The fourth-order valence-corrected chi connectivity index (χ4v) is 4.01. The first-order chi connectivity index (χ1) is 13.1.